The highest BCUT2D eigenvalue weighted by Crippen LogP contribution is 2.39. The van der Waals surface area contributed by atoms with E-state index in [9.17, 15) is 8.42 Å². The van der Waals surface area contributed by atoms with E-state index in [0.29, 0.717) is 24.0 Å². The monoisotopic (exact) mass is 379 g/mol. The lowest BCUT2D eigenvalue weighted by Crippen LogP contribution is -2.45. The maximum Gasteiger partial charge on any atom is 0.244 e. The molecule has 2 aliphatic heterocycles. The topological polar surface area (TPSA) is 71.5 Å². The zero-order valence-electron chi connectivity index (χ0n) is 15.3. The molecule has 3 heterocycles. The number of anilines is 1. The first-order valence-electron chi connectivity index (χ1n) is 9.94. The van der Waals surface area contributed by atoms with Gasteiger partial charge in [0.1, 0.15) is 10.7 Å². The van der Waals surface area contributed by atoms with Crippen molar-refractivity contribution >= 4 is 15.8 Å². The molecule has 0 bridgehead atoms. The fourth-order valence-corrected chi connectivity index (χ4v) is 6.06. The molecular formula is C19H29N3O3S. The molecule has 1 saturated carbocycles. The van der Waals surface area contributed by atoms with Gasteiger partial charge in [-0.05, 0) is 50.7 Å². The summed E-state index contributed by atoms with van der Waals surface area (Å²) >= 11 is 0. The van der Waals surface area contributed by atoms with E-state index in [1.807, 2.05) is 0 Å². The van der Waals surface area contributed by atoms with Crippen LogP contribution in [0.4, 0.5) is 5.82 Å². The molecule has 1 atom stereocenters. The Kier molecular flexibility index (Phi) is 5.21. The second kappa shape index (κ2) is 7.44. The summed E-state index contributed by atoms with van der Waals surface area (Å²) < 4.78 is 32.9. The standard InChI is InChI=1S/C19H29N3O3S/c23-26(24,22-11-4-5-12-22)17-6-7-18(20-15-17)21-16-8-13-25-19(14-16)9-2-1-3-10-19/h6-7,15-16H,1-5,8-14H2,(H,20,21). The summed E-state index contributed by atoms with van der Waals surface area (Å²) in [6.45, 7) is 2.03. The van der Waals surface area contributed by atoms with Gasteiger partial charge in [-0.2, -0.15) is 4.31 Å². The van der Waals surface area contributed by atoms with Crippen molar-refractivity contribution < 1.29 is 13.2 Å². The predicted molar refractivity (Wildman–Crippen MR) is 101 cm³/mol. The molecule has 1 N–H and O–H groups in total. The Morgan fingerprint density at radius 2 is 1.88 bits per heavy atom. The van der Waals surface area contributed by atoms with Crippen LogP contribution in [0.25, 0.3) is 0 Å². The van der Waals surface area contributed by atoms with Crippen molar-refractivity contribution in [3.05, 3.63) is 18.3 Å². The second-order valence-electron chi connectivity index (χ2n) is 7.92. The molecule has 1 aliphatic carbocycles. The Bertz CT molecular complexity index is 703. The first kappa shape index (κ1) is 18.2. The smallest absolute Gasteiger partial charge is 0.244 e. The van der Waals surface area contributed by atoms with Crippen molar-refractivity contribution in [1.29, 1.82) is 0 Å². The number of ether oxygens (including phenoxy) is 1. The molecule has 7 heteroatoms. The van der Waals surface area contributed by atoms with E-state index in [4.69, 9.17) is 4.74 Å². The lowest BCUT2D eigenvalue weighted by atomic mass is 9.78. The summed E-state index contributed by atoms with van der Waals surface area (Å²) in [4.78, 5) is 4.68. The van der Waals surface area contributed by atoms with E-state index in [-0.39, 0.29) is 5.60 Å². The van der Waals surface area contributed by atoms with Crippen LogP contribution in [0.15, 0.2) is 23.2 Å². The molecule has 0 aromatic carbocycles. The Morgan fingerprint density at radius 1 is 1.12 bits per heavy atom. The molecule has 26 heavy (non-hydrogen) atoms. The Labute approximate surface area is 156 Å². The number of nitrogens with zero attached hydrogens (tertiary/aromatic N) is 2. The van der Waals surface area contributed by atoms with Crippen LogP contribution in [0.2, 0.25) is 0 Å². The highest BCUT2D eigenvalue weighted by atomic mass is 32.2. The molecule has 0 amide bonds. The van der Waals surface area contributed by atoms with Gasteiger partial charge >= 0.3 is 0 Å². The van der Waals surface area contributed by atoms with Gasteiger partial charge in [-0.25, -0.2) is 13.4 Å². The molecule has 3 aliphatic rings. The fourth-order valence-electron chi connectivity index (χ4n) is 4.60. The van der Waals surface area contributed by atoms with Crippen molar-refractivity contribution in [1.82, 2.24) is 9.29 Å². The maximum atomic E-state index is 12.6. The fraction of sp³-hybridized carbons (Fsp3) is 0.737. The third-order valence-electron chi connectivity index (χ3n) is 6.05. The summed E-state index contributed by atoms with van der Waals surface area (Å²) in [5.41, 5.74) is 0.0488. The molecule has 1 spiro atoms. The van der Waals surface area contributed by atoms with Gasteiger partial charge in [0.05, 0.1) is 5.60 Å². The molecule has 1 aromatic heterocycles. The zero-order chi connectivity index (χ0) is 18.0. The molecule has 6 nitrogen and oxygen atoms in total. The van der Waals surface area contributed by atoms with E-state index < -0.39 is 10.0 Å². The maximum absolute atomic E-state index is 12.6. The molecule has 144 valence electrons. The van der Waals surface area contributed by atoms with E-state index >= 15 is 0 Å². The minimum Gasteiger partial charge on any atom is -0.375 e. The molecular weight excluding hydrogens is 350 g/mol. The predicted octanol–water partition coefficient (Wildman–Crippen LogP) is 3.16. The SMILES string of the molecule is O=S(=O)(c1ccc(NC2CCOC3(CCCCC3)C2)nc1)N1CCCC1. The summed E-state index contributed by atoms with van der Waals surface area (Å²) in [7, 11) is -3.39. The minimum atomic E-state index is -3.39. The van der Waals surface area contributed by atoms with Gasteiger partial charge in [-0.1, -0.05) is 19.3 Å². The number of aromatic nitrogens is 1. The number of hydrogen-bond acceptors (Lipinski definition) is 5. The van der Waals surface area contributed by atoms with Crippen molar-refractivity contribution in [2.45, 2.75) is 74.3 Å². The van der Waals surface area contributed by atoms with Crippen LogP contribution >= 0.6 is 0 Å². The van der Waals surface area contributed by atoms with Crippen LogP contribution in [-0.4, -0.2) is 49.0 Å². The Balaban J connectivity index is 1.41. The van der Waals surface area contributed by atoms with E-state index in [2.05, 4.69) is 10.3 Å². The van der Waals surface area contributed by atoms with E-state index in [1.165, 1.54) is 25.5 Å². The summed E-state index contributed by atoms with van der Waals surface area (Å²) in [5.74, 6) is 0.753. The third kappa shape index (κ3) is 3.75. The third-order valence-corrected chi connectivity index (χ3v) is 7.93. The first-order valence-corrected chi connectivity index (χ1v) is 11.4. The number of sulfonamides is 1. The van der Waals surface area contributed by atoms with Crippen molar-refractivity contribution in [2.75, 3.05) is 25.0 Å². The summed E-state index contributed by atoms with van der Waals surface area (Å²) in [6.07, 6.45) is 11.5. The quantitative estimate of drug-likeness (QED) is 0.870. The van der Waals surface area contributed by atoms with Gasteiger partial charge in [0.25, 0.3) is 0 Å². The van der Waals surface area contributed by atoms with Gasteiger partial charge in [-0.15, -0.1) is 0 Å². The first-order chi connectivity index (χ1) is 12.6. The van der Waals surface area contributed by atoms with Gasteiger partial charge in [0.2, 0.25) is 10.0 Å². The van der Waals surface area contributed by atoms with Crippen molar-refractivity contribution in [3.63, 3.8) is 0 Å². The van der Waals surface area contributed by atoms with Gasteiger partial charge in [0, 0.05) is 31.9 Å². The van der Waals surface area contributed by atoms with Crippen LogP contribution in [0.5, 0.6) is 0 Å². The summed E-state index contributed by atoms with van der Waals surface area (Å²) in [5, 5.41) is 3.50. The average Bonchev–Trinajstić information content (AvgIpc) is 3.19. The van der Waals surface area contributed by atoms with E-state index in [0.717, 1.165) is 50.9 Å². The van der Waals surface area contributed by atoms with Gasteiger partial charge < -0.3 is 10.1 Å². The molecule has 4 rings (SSSR count). The summed E-state index contributed by atoms with van der Waals surface area (Å²) in [6, 6.07) is 3.82. The number of hydrogen-bond donors (Lipinski definition) is 1. The molecule has 1 unspecified atom stereocenters. The average molecular weight is 380 g/mol. The Hall–Kier alpha value is -1.18. The zero-order valence-corrected chi connectivity index (χ0v) is 16.1. The minimum absolute atomic E-state index is 0.0488. The van der Waals surface area contributed by atoms with Crippen LogP contribution in [0.1, 0.15) is 57.8 Å². The second-order valence-corrected chi connectivity index (χ2v) is 9.85. The molecule has 3 fully saturated rings. The molecule has 1 aromatic rings. The Morgan fingerprint density at radius 3 is 2.58 bits per heavy atom. The highest BCUT2D eigenvalue weighted by Gasteiger charge is 2.38. The van der Waals surface area contributed by atoms with Crippen LogP contribution in [-0.2, 0) is 14.8 Å². The molecule has 0 radical (unpaired) electrons. The normalized spacial score (nSPS) is 26.8. The largest absolute Gasteiger partial charge is 0.375 e. The van der Waals surface area contributed by atoms with Crippen LogP contribution < -0.4 is 5.32 Å². The number of rotatable bonds is 4. The highest BCUT2D eigenvalue weighted by molar-refractivity contribution is 7.89. The van der Waals surface area contributed by atoms with Gasteiger partial charge in [0.15, 0.2) is 0 Å². The van der Waals surface area contributed by atoms with Crippen molar-refractivity contribution in [2.24, 2.45) is 0 Å². The number of nitrogens with one attached hydrogen (secondary N) is 1. The van der Waals surface area contributed by atoms with Crippen molar-refractivity contribution in [3.8, 4) is 0 Å². The van der Waals surface area contributed by atoms with E-state index in [1.54, 1.807) is 16.4 Å². The lowest BCUT2D eigenvalue weighted by Gasteiger charge is -2.43. The van der Waals surface area contributed by atoms with Gasteiger partial charge in [-0.3, -0.25) is 0 Å². The lowest BCUT2D eigenvalue weighted by molar-refractivity contribution is -0.103. The number of pyridine rings is 1. The molecule has 2 saturated heterocycles. The van der Waals surface area contributed by atoms with Crippen LogP contribution in [0.3, 0.4) is 0 Å². The van der Waals surface area contributed by atoms with Crippen LogP contribution in [0, 0.1) is 0 Å².